The van der Waals surface area contributed by atoms with Crippen molar-refractivity contribution < 1.29 is 18.8 Å². The van der Waals surface area contributed by atoms with E-state index < -0.39 is 0 Å². The Bertz CT molecular complexity index is 1030. The summed E-state index contributed by atoms with van der Waals surface area (Å²) >= 11 is 1.16. The number of carbonyl (C=O) groups is 3. The van der Waals surface area contributed by atoms with E-state index in [0.717, 1.165) is 11.3 Å². The summed E-state index contributed by atoms with van der Waals surface area (Å²) in [5.74, 6) is -0.482. The highest BCUT2D eigenvalue weighted by atomic mass is 32.1. The molecule has 0 unspecified atom stereocenters. The zero-order valence-corrected chi connectivity index (χ0v) is 15.4. The number of hydrogen-bond donors (Lipinski definition) is 3. The lowest BCUT2D eigenvalue weighted by Crippen LogP contribution is -2.27. The van der Waals surface area contributed by atoms with Gasteiger partial charge in [-0.15, -0.1) is 11.3 Å². The quantitative estimate of drug-likeness (QED) is 0.615. The van der Waals surface area contributed by atoms with Crippen molar-refractivity contribution in [2.45, 2.75) is 0 Å². The van der Waals surface area contributed by atoms with E-state index in [-0.39, 0.29) is 23.6 Å². The van der Waals surface area contributed by atoms with E-state index in [0.29, 0.717) is 34.3 Å². The Hall–Kier alpha value is -3.59. The van der Waals surface area contributed by atoms with Crippen LogP contribution >= 0.6 is 11.3 Å². The Kier molecular flexibility index (Phi) is 4.81. The SMILES string of the molecule is O=C(Nc1ccc(C(=O)Nc2cccc(N3CCNC3=O)c2)s1)c1ccco1. The molecule has 1 aliphatic rings. The topological polar surface area (TPSA) is 104 Å². The molecule has 8 nitrogen and oxygen atoms in total. The number of nitrogens with zero attached hydrogens (tertiary/aromatic N) is 1. The fourth-order valence-corrected chi connectivity index (χ4v) is 3.57. The lowest BCUT2D eigenvalue weighted by molar-refractivity contribution is 0.0995. The highest BCUT2D eigenvalue weighted by Gasteiger charge is 2.21. The van der Waals surface area contributed by atoms with Crippen molar-refractivity contribution in [2.75, 3.05) is 28.6 Å². The van der Waals surface area contributed by atoms with E-state index >= 15 is 0 Å². The van der Waals surface area contributed by atoms with Gasteiger partial charge in [-0.3, -0.25) is 14.5 Å². The van der Waals surface area contributed by atoms with E-state index in [2.05, 4.69) is 16.0 Å². The van der Waals surface area contributed by atoms with E-state index in [1.54, 1.807) is 47.4 Å². The summed E-state index contributed by atoms with van der Waals surface area (Å²) in [6.45, 7) is 1.18. The van der Waals surface area contributed by atoms with E-state index in [1.165, 1.54) is 6.26 Å². The van der Waals surface area contributed by atoms with Crippen LogP contribution in [0.3, 0.4) is 0 Å². The number of benzene rings is 1. The second-order valence-corrected chi connectivity index (χ2v) is 7.07. The van der Waals surface area contributed by atoms with Gasteiger partial charge < -0.3 is 20.4 Å². The van der Waals surface area contributed by atoms with Crippen molar-refractivity contribution in [1.29, 1.82) is 0 Å². The van der Waals surface area contributed by atoms with Crippen LogP contribution in [0.25, 0.3) is 0 Å². The van der Waals surface area contributed by atoms with Crippen LogP contribution in [0.5, 0.6) is 0 Å². The highest BCUT2D eigenvalue weighted by molar-refractivity contribution is 7.18. The van der Waals surface area contributed by atoms with E-state index in [9.17, 15) is 14.4 Å². The van der Waals surface area contributed by atoms with Crippen LogP contribution in [0.4, 0.5) is 21.2 Å². The largest absolute Gasteiger partial charge is 0.459 e. The van der Waals surface area contributed by atoms with Gasteiger partial charge >= 0.3 is 6.03 Å². The Morgan fingerprint density at radius 1 is 1.07 bits per heavy atom. The lowest BCUT2D eigenvalue weighted by atomic mass is 10.2. The third-order valence-corrected chi connectivity index (χ3v) is 5.08. The van der Waals surface area contributed by atoms with Crippen LogP contribution in [0.15, 0.2) is 59.2 Å². The molecule has 3 N–H and O–H groups in total. The minimum Gasteiger partial charge on any atom is -0.459 e. The monoisotopic (exact) mass is 396 g/mol. The Balaban J connectivity index is 1.42. The number of nitrogens with one attached hydrogen (secondary N) is 3. The number of hydrogen-bond acceptors (Lipinski definition) is 5. The zero-order chi connectivity index (χ0) is 19.5. The molecule has 2 aromatic heterocycles. The molecule has 4 rings (SSSR count). The molecule has 1 saturated heterocycles. The predicted octanol–water partition coefficient (Wildman–Crippen LogP) is 3.38. The van der Waals surface area contributed by atoms with Gasteiger partial charge in [0, 0.05) is 24.5 Å². The summed E-state index contributed by atoms with van der Waals surface area (Å²) in [7, 11) is 0. The molecule has 0 saturated carbocycles. The molecule has 0 radical (unpaired) electrons. The Morgan fingerprint density at radius 2 is 1.96 bits per heavy atom. The van der Waals surface area contributed by atoms with Crippen LogP contribution < -0.4 is 20.9 Å². The van der Waals surface area contributed by atoms with Gasteiger partial charge in [0.25, 0.3) is 11.8 Å². The van der Waals surface area contributed by atoms with Crippen LogP contribution in [0.2, 0.25) is 0 Å². The first kappa shape index (κ1) is 17.8. The number of thiophene rings is 1. The van der Waals surface area contributed by atoms with Crippen molar-refractivity contribution in [2.24, 2.45) is 0 Å². The molecular weight excluding hydrogens is 380 g/mol. The standard InChI is InChI=1S/C19H16N4O4S/c24-17(14-5-2-10-27-14)22-16-7-6-15(28-16)18(25)21-12-3-1-4-13(11-12)23-9-8-20-19(23)26/h1-7,10-11H,8-9H2,(H,20,26)(H,21,25)(H,22,24). The molecular formula is C19H16N4O4S. The fraction of sp³-hybridized carbons (Fsp3) is 0.105. The Morgan fingerprint density at radius 3 is 2.71 bits per heavy atom. The average Bonchev–Trinajstić information content (AvgIpc) is 3.43. The van der Waals surface area contributed by atoms with Crippen LogP contribution in [0, 0.1) is 0 Å². The fourth-order valence-electron chi connectivity index (χ4n) is 2.77. The number of amides is 4. The zero-order valence-electron chi connectivity index (χ0n) is 14.6. The van der Waals surface area contributed by atoms with Gasteiger partial charge in [-0.2, -0.15) is 0 Å². The van der Waals surface area contributed by atoms with E-state index in [1.807, 2.05) is 6.07 Å². The number of rotatable bonds is 5. The smallest absolute Gasteiger partial charge is 0.321 e. The first-order valence-electron chi connectivity index (χ1n) is 8.51. The first-order chi connectivity index (χ1) is 13.6. The predicted molar refractivity (Wildman–Crippen MR) is 106 cm³/mol. The van der Waals surface area contributed by atoms with Gasteiger partial charge in [-0.1, -0.05) is 6.07 Å². The van der Waals surface area contributed by atoms with Crippen molar-refractivity contribution in [3.05, 3.63) is 65.4 Å². The van der Waals surface area contributed by atoms with Gasteiger partial charge in [0.05, 0.1) is 16.1 Å². The van der Waals surface area contributed by atoms with Crippen LogP contribution in [0.1, 0.15) is 20.2 Å². The first-order valence-corrected chi connectivity index (χ1v) is 9.33. The summed E-state index contributed by atoms with van der Waals surface area (Å²) in [5.41, 5.74) is 1.29. The number of furan rings is 1. The molecule has 0 spiro atoms. The number of anilines is 3. The lowest BCUT2D eigenvalue weighted by Gasteiger charge is -2.15. The minimum atomic E-state index is -0.379. The second kappa shape index (κ2) is 7.57. The molecule has 4 amide bonds. The molecule has 1 aromatic carbocycles. The molecule has 0 bridgehead atoms. The maximum absolute atomic E-state index is 12.5. The molecule has 0 aliphatic carbocycles. The van der Waals surface area contributed by atoms with Gasteiger partial charge in [-0.05, 0) is 42.5 Å². The number of urea groups is 1. The molecule has 0 atom stereocenters. The maximum Gasteiger partial charge on any atom is 0.321 e. The van der Waals surface area contributed by atoms with Crippen molar-refractivity contribution in [3.8, 4) is 0 Å². The van der Waals surface area contributed by atoms with Crippen molar-refractivity contribution in [3.63, 3.8) is 0 Å². The third kappa shape index (κ3) is 3.74. The number of carbonyl (C=O) groups excluding carboxylic acids is 3. The molecule has 1 fully saturated rings. The highest BCUT2D eigenvalue weighted by Crippen LogP contribution is 2.25. The van der Waals surface area contributed by atoms with Gasteiger partial charge in [-0.25, -0.2) is 4.79 Å². The van der Waals surface area contributed by atoms with Crippen molar-refractivity contribution in [1.82, 2.24) is 5.32 Å². The van der Waals surface area contributed by atoms with Gasteiger partial charge in [0.2, 0.25) is 0 Å². The van der Waals surface area contributed by atoms with Gasteiger partial charge in [0.15, 0.2) is 5.76 Å². The molecule has 9 heteroatoms. The molecule has 3 heterocycles. The summed E-state index contributed by atoms with van der Waals surface area (Å²) in [6.07, 6.45) is 1.42. The molecule has 142 valence electrons. The second-order valence-electron chi connectivity index (χ2n) is 5.98. The maximum atomic E-state index is 12.5. The van der Waals surface area contributed by atoms with Crippen LogP contribution in [-0.4, -0.2) is 30.9 Å². The van der Waals surface area contributed by atoms with Gasteiger partial charge in [0.1, 0.15) is 0 Å². The summed E-state index contributed by atoms with van der Waals surface area (Å²) in [6, 6.07) is 13.4. The Labute approximate surface area is 164 Å². The normalized spacial score (nSPS) is 13.3. The average molecular weight is 396 g/mol. The summed E-state index contributed by atoms with van der Waals surface area (Å²) < 4.78 is 5.04. The molecule has 1 aliphatic heterocycles. The molecule has 28 heavy (non-hydrogen) atoms. The summed E-state index contributed by atoms with van der Waals surface area (Å²) in [5, 5.41) is 8.78. The van der Waals surface area contributed by atoms with Crippen LogP contribution in [-0.2, 0) is 0 Å². The van der Waals surface area contributed by atoms with E-state index in [4.69, 9.17) is 4.42 Å². The van der Waals surface area contributed by atoms with Crippen molar-refractivity contribution >= 4 is 45.6 Å². The molecule has 3 aromatic rings. The minimum absolute atomic E-state index is 0.154. The third-order valence-electron chi connectivity index (χ3n) is 4.08. The summed E-state index contributed by atoms with van der Waals surface area (Å²) in [4.78, 5) is 38.4.